The van der Waals surface area contributed by atoms with Crippen molar-refractivity contribution in [1.29, 1.82) is 0 Å². The number of hydrogen-bond donors (Lipinski definition) is 1. The molecule has 0 spiro atoms. The lowest BCUT2D eigenvalue weighted by Crippen LogP contribution is -1.99. The van der Waals surface area contributed by atoms with E-state index in [1.807, 2.05) is 26.1 Å². The molecule has 1 aromatic heterocycles. The first-order valence-corrected chi connectivity index (χ1v) is 6.53. The highest BCUT2D eigenvalue weighted by Crippen LogP contribution is 2.30. The second-order valence-electron chi connectivity index (χ2n) is 4.25. The Morgan fingerprint density at radius 1 is 1.28 bits per heavy atom. The summed E-state index contributed by atoms with van der Waals surface area (Å²) in [6.45, 7) is 4.82. The smallest absolute Gasteiger partial charge is 0.145 e. The highest BCUT2D eigenvalue weighted by Gasteiger charge is 2.09. The molecule has 96 valence electrons. The van der Waals surface area contributed by atoms with Gasteiger partial charge in [-0.2, -0.15) is 0 Å². The second kappa shape index (κ2) is 5.71. The topological polar surface area (TPSA) is 34.1 Å². The van der Waals surface area contributed by atoms with E-state index in [0.717, 1.165) is 40.9 Å². The highest BCUT2D eigenvalue weighted by molar-refractivity contribution is 5.95. The van der Waals surface area contributed by atoms with Gasteiger partial charge in [0.05, 0.1) is 6.61 Å². The Bertz CT molecular complexity index is 537. The molecule has 3 heteroatoms. The fourth-order valence-electron chi connectivity index (χ4n) is 2.14. The summed E-state index contributed by atoms with van der Waals surface area (Å²) in [5.74, 6) is 0.865. The van der Waals surface area contributed by atoms with Crippen molar-refractivity contribution in [3.8, 4) is 5.75 Å². The molecule has 0 saturated carbocycles. The summed E-state index contributed by atoms with van der Waals surface area (Å²) in [7, 11) is 1.94. The van der Waals surface area contributed by atoms with Crippen molar-refractivity contribution < 1.29 is 4.74 Å². The van der Waals surface area contributed by atoms with Crippen molar-refractivity contribution in [3.63, 3.8) is 0 Å². The average Bonchev–Trinajstić information content (AvgIpc) is 2.39. The molecule has 2 rings (SSSR count). The summed E-state index contributed by atoms with van der Waals surface area (Å²) in [5.41, 5.74) is 3.18. The van der Waals surface area contributed by atoms with E-state index in [4.69, 9.17) is 9.72 Å². The molecular weight excluding hydrogens is 224 g/mol. The van der Waals surface area contributed by atoms with Crippen LogP contribution < -0.4 is 10.1 Å². The van der Waals surface area contributed by atoms with E-state index in [-0.39, 0.29) is 0 Å². The van der Waals surface area contributed by atoms with Gasteiger partial charge in [-0.05, 0) is 25.5 Å². The number of benzene rings is 1. The van der Waals surface area contributed by atoms with Gasteiger partial charge in [0.25, 0.3) is 0 Å². The van der Waals surface area contributed by atoms with Gasteiger partial charge in [-0.15, -0.1) is 0 Å². The van der Waals surface area contributed by atoms with E-state index in [1.54, 1.807) is 0 Å². The number of hydrogen-bond acceptors (Lipinski definition) is 3. The van der Waals surface area contributed by atoms with Gasteiger partial charge in [-0.25, -0.2) is 4.98 Å². The Hall–Kier alpha value is -1.77. The zero-order chi connectivity index (χ0) is 13.0. The average molecular weight is 244 g/mol. The molecule has 0 bridgehead atoms. The molecule has 0 aliphatic heterocycles. The minimum absolute atomic E-state index is 0.660. The van der Waals surface area contributed by atoms with Gasteiger partial charge >= 0.3 is 0 Å². The highest BCUT2D eigenvalue weighted by atomic mass is 16.5. The van der Waals surface area contributed by atoms with Crippen LogP contribution in [0.2, 0.25) is 0 Å². The van der Waals surface area contributed by atoms with Crippen molar-refractivity contribution in [1.82, 2.24) is 4.98 Å². The third-order valence-corrected chi connectivity index (χ3v) is 2.93. The van der Waals surface area contributed by atoms with Gasteiger partial charge in [0.15, 0.2) is 0 Å². The maximum atomic E-state index is 5.66. The molecule has 0 atom stereocenters. The predicted molar refractivity (Wildman–Crippen MR) is 76.5 cm³/mol. The SMILES string of the molecule is CCCc1cc(NC)c2cccc(OCC)c2n1. The molecule has 18 heavy (non-hydrogen) atoms. The third kappa shape index (κ3) is 2.40. The maximum absolute atomic E-state index is 5.66. The van der Waals surface area contributed by atoms with Crippen LogP contribution in [0.5, 0.6) is 5.75 Å². The Kier molecular flexibility index (Phi) is 4.03. The summed E-state index contributed by atoms with van der Waals surface area (Å²) in [6, 6.07) is 8.19. The van der Waals surface area contributed by atoms with Crippen molar-refractivity contribution in [2.24, 2.45) is 0 Å². The van der Waals surface area contributed by atoms with E-state index in [1.165, 1.54) is 0 Å². The molecule has 2 aromatic rings. The van der Waals surface area contributed by atoms with Crippen LogP contribution in [0.1, 0.15) is 26.0 Å². The molecule has 0 aliphatic rings. The van der Waals surface area contributed by atoms with Gasteiger partial charge < -0.3 is 10.1 Å². The van der Waals surface area contributed by atoms with E-state index in [0.29, 0.717) is 6.61 Å². The van der Waals surface area contributed by atoms with E-state index >= 15 is 0 Å². The van der Waals surface area contributed by atoms with Crippen molar-refractivity contribution in [2.75, 3.05) is 19.0 Å². The number of fused-ring (bicyclic) bond motifs is 1. The van der Waals surface area contributed by atoms with Gasteiger partial charge in [-0.1, -0.05) is 25.5 Å². The minimum Gasteiger partial charge on any atom is -0.492 e. The Labute approximate surface area is 108 Å². The fraction of sp³-hybridized carbons (Fsp3) is 0.400. The number of anilines is 1. The largest absolute Gasteiger partial charge is 0.492 e. The number of nitrogens with zero attached hydrogens (tertiary/aromatic N) is 1. The fourth-order valence-corrected chi connectivity index (χ4v) is 2.14. The Balaban J connectivity index is 2.63. The van der Waals surface area contributed by atoms with E-state index in [2.05, 4.69) is 24.4 Å². The molecule has 0 unspecified atom stereocenters. The first-order chi connectivity index (χ1) is 8.80. The Morgan fingerprint density at radius 2 is 2.11 bits per heavy atom. The molecule has 1 N–H and O–H groups in total. The summed E-state index contributed by atoms with van der Waals surface area (Å²) in [6.07, 6.45) is 2.09. The molecule has 1 aromatic carbocycles. The summed E-state index contributed by atoms with van der Waals surface area (Å²) < 4.78 is 5.66. The molecule has 0 saturated heterocycles. The first kappa shape index (κ1) is 12.7. The first-order valence-electron chi connectivity index (χ1n) is 6.53. The lowest BCUT2D eigenvalue weighted by molar-refractivity contribution is 0.343. The molecule has 3 nitrogen and oxygen atoms in total. The van der Waals surface area contributed by atoms with Crippen LogP contribution in [0, 0.1) is 0 Å². The number of para-hydroxylation sites is 1. The molecule has 1 heterocycles. The van der Waals surface area contributed by atoms with Gasteiger partial charge in [-0.3, -0.25) is 0 Å². The number of pyridine rings is 1. The summed E-state index contributed by atoms with van der Waals surface area (Å²) in [5, 5.41) is 4.36. The molecular formula is C15H20N2O. The number of aromatic nitrogens is 1. The summed E-state index contributed by atoms with van der Waals surface area (Å²) >= 11 is 0. The maximum Gasteiger partial charge on any atom is 0.145 e. The monoisotopic (exact) mass is 244 g/mol. The van der Waals surface area contributed by atoms with Gasteiger partial charge in [0, 0.05) is 23.8 Å². The molecule has 0 aliphatic carbocycles. The molecule has 0 amide bonds. The van der Waals surface area contributed by atoms with E-state index < -0.39 is 0 Å². The third-order valence-electron chi connectivity index (χ3n) is 2.93. The van der Waals surface area contributed by atoms with Gasteiger partial charge in [0.1, 0.15) is 11.3 Å². The lowest BCUT2D eigenvalue weighted by atomic mass is 10.1. The van der Waals surface area contributed by atoms with Gasteiger partial charge in [0.2, 0.25) is 0 Å². The van der Waals surface area contributed by atoms with Crippen LogP contribution >= 0.6 is 0 Å². The standard InChI is InChI=1S/C15H20N2O/c1-4-7-11-10-13(16-3)12-8-6-9-14(18-5-2)15(12)17-11/h6,8-10H,4-5,7H2,1-3H3,(H,16,17). The van der Waals surface area contributed by atoms with Crippen molar-refractivity contribution >= 4 is 16.6 Å². The molecule has 0 fully saturated rings. The number of nitrogens with one attached hydrogen (secondary N) is 1. The summed E-state index contributed by atoms with van der Waals surface area (Å²) in [4.78, 5) is 4.73. The van der Waals surface area contributed by atoms with Crippen LogP contribution in [0.4, 0.5) is 5.69 Å². The van der Waals surface area contributed by atoms with Crippen LogP contribution in [0.3, 0.4) is 0 Å². The second-order valence-corrected chi connectivity index (χ2v) is 4.25. The Morgan fingerprint density at radius 3 is 2.78 bits per heavy atom. The minimum atomic E-state index is 0.660. The van der Waals surface area contributed by atoms with Crippen LogP contribution in [-0.4, -0.2) is 18.6 Å². The van der Waals surface area contributed by atoms with E-state index in [9.17, 15) is 0 Å². The molecule has 0 radical (unpaired) electrons. The van der Waals surface area contributed by atoms with Crippen molar-refractivity contribution in [3.05, 3.63) is 30.0 Å². The quantitative estimate of drug-likeness (QED) is 0.872. The number of rotatable bonds is 5. The number of aryl methyl sites for hydroxylation is 1. The zero-order valence-electron chi connectivity index (χ0n) is 11.3. The van der Waals surface area contributed by atoms with Crippen molar-refractivity contribution in [2.45, 2.75) is 26.7 Å². The number of ether oxygens (including phenoxy) is 1. The zero-order valence-corrected chi connectivity index (χ0v) is 11.3. The van der Waals surface area contributed by atoms with Crippen LogP contribution in [0.15, 0.2) is 24.3 Å². The van der Waals surface area contributed by atoms with Crippen LogP contribution in [0.25, 0.3) is 10.9 Å². The predicted octanol–water partition coefficient (Wildman–Crippen LogP) is 3.63. The lowest BCUT2D eigenvalue weighted by Gasteiger charge is -2.12. The van der Waals surface area contributed by atoms with Crippen LogP contribution in [-0.2, 0) is 6.42 Å². The normalized spacial score (nSPS) is 10.6.